The second kappa shape index (κ2) is 6.91. The van der Waals surface area contributed by atoms with Crippen LogP contribution < -0.4 is 10.6 Å². The summed E-state index contributed by atoms with van der Waals surface area (Å²) in [5.41, 5.74) is 1.99. The van der Waals surface area contributed by atoms with Gasteiger partial charge in [-0.15, -0.1) is 0 Å². The Labute approximate surface area is 161 Å². The number of carbonyl (C=O) groups excluding carboxylic acids is 3. The summed E-state index contributed by atoms with van der Waals surface area (Å²) < 4.78 is 0. The molecule has 144 valence electrons. The highest BCUT2D eigenvalue weighted by molar-refractivity contribution is 6.22. The zero-order valence-electron chi connectivity index (χ0n) is 15.6. The quantitative estimate of drug-likeness (QED) is 0.768. The largest absolute Gasteiger partial charge is 0.357 e. The van der Waals surface area contributed by atoms with Crippen molar-refractivity contribution in [3.05, 3.63) is 47.3 Å². The van der Waals surface area contributed by atoms with E-state index in [4.69, 9.17) is 0 Å². The van der Waals surface area contributed by atoms with Gasteiger partial charge in [0.25, 0.3) is 11.8 Å². The molecule has 9 nitrogen and oxygen atoms in total. The van der Waals surface area contributed by atoms with Gasteiger partial charge in [-0.25, -0.2) is 14.8 Å². The molecule has 2 aliphatic rings. The van der Waals surface area contributed by atoms with Crippen LogP contribution >= 0.6 is 0 Å². The van der Waals surface area contributed by atoms with E-state index in [1.807, 2.05) is 0 Å². The molecule has 1 aliphatic carbocycles. The van der Waals surface area contributed by atoms with Gasteiger partial charge in [0, 0.05) is 43.8 Å². The molecule has 1 fully saturated rings. The normalized spacial score (nSPS) is 15.4. The number of benzene rings is 1. The number of amides is 4. The number of fused-ring (bicyclic) bond motifs is 1. The first-order chi connectivity index (χ1) is 13.5. The van der Waals surface area contributed by atoms with Crippen LogP contribution in [0.5, 0.6) is 0 Å². The third-order valence-corrected chi connectivity index (χ3v) is 4.78. The maximum atomic E-state index is 12.5. The number of rotatable bonds is 5. The highest BCUT2D eigenvalue weighted by atomic mass is 16.2. The molecule has 1 saturated carbocycles. The fourth-order valence-corrected chi connectivity index (χ4v) is 3.13. The molecule has 0 radical (unpaired) electrons. The SMILES string of the molecule is CNc1ncc(CN(C)C(=O)Nc2ccc3c(c2)C(=O)N(C2CC2)C3=O)cn1. The van der Waals surface area contributed by atoms with Crippen LogP contribution in [0, 0.1) is 0 Å². The smallest absolute Gasteiger partial charge is 0.321 e. The average molecular weight is 380 g/mol. The van der Waals surface area contributed by atoms with Crippen LogP contribution in [0.1, 0.15) is 39.1 Å². The van der Waals surface area contributed by atoms with Crippen molar-refractivity contribution < 1.29 is 14.4 Å². The van der Waals surface area contributed by atoms with E-state index in [-0.39, 0.29) is 23.9 Å². The first-order valence-electron chi connectivity index (χ1n) is 9.00. The molecule has 0 saturated heterocycles. The third-order valence-electron chi connectivity index (χ3n) is 4.78. The van der Waals surface area contributed by atoms with E-state index in [0.717, 1.165) is 18.4 Å². The molecule has 1 aliphatic heterocycles. The zero-order valence-corrected chi connectivity index (χ0v) is 15.6. The number of nitrogens with zero attached hydrogens (tertiary/aromatic N) is 4. The second-order valence-electron chi connectivity index (χ2n) is 6.92. The maximum absolute atomic E-state index is 12.5. The number of imide groups is 1. The van der Waals surface area contributed by atoms with Gasteiger partial charge in [0.05, 0.1) is 17.7 Å². The zero-order chi connectivity index (χ0) is 19.8. The first kappa shape index (κ1) is 17.9. The number of hydrogen-bond donors (Lipinski definition) is 2. The molecule has 9 heteroatoms. The lowest BCUT2D eigenvalue weighted by atomic mass is 10.1. The second-order valence-corrected chi connectivity index (χ2v) is 6.92. The molecule has 4 rings (SSSR count). The van der Waals surface area contributed by atoms with Crippen LogP contribution in [-0.2, 0) is 6.54 Å². The highest BCUT2D eigenvalue weighted by Crippen LogP contribution is 2.35. The van der Waals surface area contributed by atoms with Crippen molar-refractivity contribution in [2.45, 2.75) is 25.4 Å². The van der Waals surface area contributed by atoms with E-state index < -0.39 is 0 Å². The lowest BCUT2D eigenvalue weighted by Crippen LogP contribution is -2.31. The van der Waals surface area contributed by atoms with E-state index in [2.05, 4.69) is 20.6 Å². The number of aromatic nitrogens is 2. The van der Waals surface area contributed by atoms with Crippen LogP contribution in [0.3, 0.4) is 0 Å². The Morgan fingerprint density at radius 3 is 2.50 bits per heavy atom. The third kappa shape index (κ3) is 3.26. The molecule has 0 atom stereocenters. The van der Waals surface area contributed by atoms with Crippen molar-refractivity contribution in [1.82, 2.24) is 19.8 Å². The Bertz CT molecular complexity index is 955. The predicted molar refractivity (Wildman–Crippen MR) is 102 cm³/mol. The minimum Gasteiger partial charge on any atom is -0.357 e. The number of carbonyl (C=O) groups is 3. The van der Waals surface area contributed by atoms with Gasteiger partial charge < -0.3 is 15.5 Å². The van der Waals surface area contributed by atoms with E-state index in [1.165, 1.54) is 9.80 Å². The van der Waals surface area contributed by atoms with E-state index in [0.29, 0.717) is 29.3 Å². The molecular formula is C19H20N6O3. The summed E-state index contributed by atoms with van der Waals surface area (Å²) in [5, 5.41) is 5.59. The molecule has 2 heterocycles. The summed E-state index contributed by atoms with van der Waals surface area (Å²) in [6.07, 6.45) is 5.02. The summed E-state index contributed by atoms with van der Waals surface area (Å²) in [6.45, 7) is 0.327. The molecule has 1 aromatic carbocycles. The summed E-state index contributed by atoms with van der Waals surface area (Å²) in [4.78, 5) is 48.4. The topological polar surface area (TPSA) is 108 Å². The van der Waals surface area contributed by atoms with Crippen molar-refractivity contribution in [2.75, 3.05) is 24.7 Å². The minimum absolute atomic E-state index is 0.0214. The van der Waals surface area contributed by atoms with Crippen molar-refractivity contribution in [3.8, 4) is 0 Å². The molecule has 28 heavy (non-hydrogen) atoms. The molecule has 2 N–H and O–H groups in total. The Morgan fingerprint density at radius 1 is 1.18 bits per heavy atom. The lowest BCUT2D eigenvalue weighted by molar-refractivity contribution is 0.0642. The standard InChI is InChI=1S/C19H20N6O3/c1-20-18-21-8-11(9-22-18)10-24(2)19(28)23-12-3-6-14-15(7-12)17(27)25(16(14)26)13-4-5-13/h3,6-9,13H,4-5,10H2,1-2H3,(H,23,28)(H,20,21,22). The van der Waals surface area contributed by atoms with Crippen LogP contribution in [0.2, 0.25) is 0 Å². The monoisotopic (exact) mass is 380 g/mol. The molecule has 1 aromatic heterocycles. The molecular weight excluding hydrogens is 360 g/mol. The van der Waals surface area contributed by atoms with Gasteiger partial charge >= 0.3 is 6.03 Å². The average Bonchev–Trinajstić information content (AvgIpc) is 3.49. The molecule has 0 unspecified atom stereocenters. The maximum Gasteiger partial charge on any atom is 0.321 e. The summed E-state index contributed by atoms with van der Waals surface area (Å²) in [5.74, 6) is -0.0234. The molecule has 2 aromatic rings. The van der Waals surface area contributed by atoms with Crippen LogP contribution in [0.25, 0.3) is 0 Å². The molecule has 0 bridgehead atoms. The van der Waals surface area contributed by atoms with Gasteiger partial charge in [0.2, 0.25) is 5.95 Å². The van der Waals surface area contributed by atoms with Gasteiger partial charge in [-0.1, -0.05) is 0 Å². The number of nitrogens with one attached hydrogen (secondary N) is 2. The lowest BCUT2D eigenvalue weighted by Gasteiger charge is -2.18. The van der Waals surface area contributed by atoms with Crippen molar-refractivity contribution in [3.63, 3.8) is 0 Å². The Balaban J connectivity index is 1.43. The summed E-state index contributed by atoms with van der Waals surface area (Å²) >= 11 is 0. The van der Waals surface area contributed by atoms with Crippen molar-refractivity contribution in [1.29, 1.82) is 0 Å². The molecule has 4 amide bonds. The first-order valence-corrected chi connectivity index (χ1v) is 9.00. The van der Waals surface area contributed by atoms with Gasteiger partial charge in [0.1, 0.15) is 0 Å². The number of urea groups is 1. The minimum atomic E-state index is -0.339. The van der Waals surface area contributed by atoms with Gasteiger partial charge in [-0.3, -0.25) is 14.5 Å². The number of hydrogen-bond acceptors (Lipinski definition) is 6. The van der Waals surface area contributed by atoms with Gasteiger partial charge in [0.15, 0.2) is 0 Å². The summed E-state index contributed by atoms with van der Waals surface area (Å²) in [7, 11) is 3.38. The van der Waals surface area contributed by atoms with E-state index in [1.54, 1.807) is 44.7 Å². The fourth-order valence-electron chi connectivity index (χ4n) is 3.13. The Morgan fingerprint density at radius 2 is 1.86 bits per heavy atom. The van der Waals surface area contributed by atoms with Gasteiger partial charge in [-0.05, 0) is 31.0 Å². The van der Waals surface area contributed by atoms with Crippen LogP contribution in [0.15, 0.2) is 30.6 Å². The van der Waals surface area contributed by atoms with Crippen molar-refractivity contribution in [2.24, 2.45) is 0 Å². The van der Waals surface area contributed by atoms with E-state index >= 15 is 0 Å². The van der Waals surface area contributed by atoms with Crippen molar-refractivity contribution >= 4 is 29.5 Å². The van der Waals surface area contributed by atoms with Crippen LogP contribution in [-0.4, -0.2) is 57.8 Å². The van der Waals surface area contributed by atoms with E-state index in [9.17, 15) is 14.4 Å². The highest BCUT2D eigenvalue weighted by Gasteiger charge is 2.44. The Kier molecular flexibility index (Phi) is 4.42. The molecule has 0 spiro atoms. The Hall–Kier alpha value is -3.49. The fraction of sp³-hybridized carbons (Fsp3) is 0.316. The summed E-state index contributed by atoms with van der Waals surface area (Å²) in [6, 6.07) is 4.48. The van der Waals surface area contributed by atoms with Crippen LogP contribution in [0.4, 0.5) is 16.4 Å². The predicted octanol–water partition coefficient (Wildman–Crippen LogP) is 1.94. The van der Waals surface area contributed by atoms with Gasteiger partial charge in [-0.2, -0.15) is 0 Å². The number of anilines is 2.